The number of carbonyl (C=O) groups excluding carboxylic acids is 1. The van der Waals surface area contributed by atoms with E-state index in [1.807, 2.05) is 0 Å². The Labute approximate surface area is 145 Å². The van der Waals surface area contributed by atoms with Gasteiger partial charge in [0, 0.05) is 18.5 Å². The number of carbonyl (C=O) groups is 1. The predicted molar refractivity (Wildman–Crippen MR) is 87.4 cm³/mol. The molecule has 4 atom stereocenters. The highest BCUT2D eigenvalue weighted by Gasteiger charge is 2.43. The molecule has 4 rings (SSSR count). The number of ether oxygens (including phenoxy) is 1. The SMILES string of the molecule is O=C(C1NNC2CCCCC21)N1CCOC(c2ccc(F)c(F)c2)C1. The van der Waals surface area contributed by atoms with E-state index < -0.39 is 17.7 Å². The van der Waals surface area contributed by atoms with Crippen molar-refractivity contribution in [2.45, 2.75) is 43.9 Å². The van der Waals surface area contributed by atoms with Crippen molar-refractivity contribution in [1.82, 2.24) is 15.8 Å². The molecule has 3 aliphatic rings. The average molecular weight is 351 g/mol. The van der Waals surface area contributed by atoms with Gasteiger partial charge in [-0.2, -0.15) is 0 Å². The number of hydrogen-bond donors (Lipinski definition) is 2. The van der Waals surface area contributed by atoms with Crippen LogP contribution in [-0.4, -0.2) is 42.6 Å². The van der Waals surface area contributed by atoms with Crippen LogP contribution < -0.4 is 10.9 Å². The van der Waals surface area contributed by atoms with E-state index >= 15 is 0 Å². The summed E-state index contributed by atoms with van der Waals surface area (Å²) in [7, 11) is 0. The lowest BCUT2D eigenvalue weighted by Crippen LogP contribution is -2.52. The second-order valence-corrected chi connectivity index (χ2v) is 7.14. The Morgan fingerprint density at radius 2 is 2.00 bits per heavy atom. The number of amides is 1. The van der Waals surface area contributed by atoms with E-state index in [4.69, 9.17) is 4.74 Å². The van der Waals surface area contributed by atoms with Crippen molar-refractivity contribution in [3.05, 3.63) is 35.4 Å². The summed E-state index contributed by atoms with van der Waals surface area (Å²) in [5, 5.41) is 0. The number of benzene rings is 1. The molecule has 1 amide bonds. The van der Waals surface area contributed by atoms with E-state index in [2.05, 4.69) is 10.9 Å². The summed E-state index contributed by atoms with van der Waals surface area (Å²) >= 11 is 0. The van der Waals surface area contributed by atoms with Crippen LogP contribution in [0.2, 0.25) is 0 Å². The van der Waals surface area contributed by atoms with E-state index in [1.54, 1.807) is 4.90 Å². The van der Waals surface area contributed by atoms with Crippen molar-refractivity contribution >= 4 is 5.91 Å². The van der Waals surface area contributed by atoms with E-state index in [0.29, 0.717) is 37.2 Å². The van der Waals surface area contributed by atoms with Crippen LogP contribution in [-0.2, 0) is 9.53 Å². The molecule has 136 valence electrons. The fourth-order valence-electron chi connectivity index (χ4n) is 4.25. The molecule has 5 nitrogen and oxygen atoms in total. The van der Waals surface area contributed by atoms with Gasteiger partial charge < -0.3 is 9.64 Å². The van der Waals surface area contributed by atoms with Crippen molar-refractivity contribution in [1.29, 1.82) is 0 Å². The summed E-state index contributed by atoms with van der Waals surface area (Å²) < 4.78 is 32.3. The first kappa shape index (κ1) is 16.9. The lowest BCUT2D eigenvalue weighted by atomic mass is 9.81. The van der Waals surface area contributed by atoms with Gasteiger partial charge in [0.25, 0.3) is 0 Å². The topological polar surface area (TPSA) is 53.6 Å². The van der Waals surface area contributed by atoms with Gasteiger partial charge in [0.05, 0.1) is 13.2 Å². The molecule has 1 aromatic carbocycles. The summed E-state index contributed by atoms with van der Waals surface area (Å²) in [6.07, 6.45) is 4.09. The van der Waals surface area contributed by atoms with Gasteiger partial charge in [0.1, 0.15) is 12.1 Å². The largest absolute Gasteiger partial charge is 0.370 e. The van der Waals surface area contributed by atoms with Crippen LogP contribution in [0.25, 0.3) is 0 Å². The fourth-order valence-corrected chi connectivity index (χ4v) is 4.25. The summed E-state index contributed by atoms with van der Waals surface area (Å²) in [5.74, 6) is -1.38. The second-order valence-electron chi connectivity index (χ2n) is 7.14. The molecule has 7 heteroatoms. The summed E-state index contributed by atoms with van der Waals surface area (Å²) in [6, 6.07) is 3.92. The molecule has 2 aliphatic heterocycles. The van der Waals surface area contributed by atoms with Crippen molar-refractivity contribution < 1.29 is 18.3 Å². The van der Waals surface area contributed by atoms with Gasteiger partial charge in [-0.25, -0.2) is 14.2 Å². The number of halogens is 2. The maximum absolute atomic E-state index is 13.5. The van der Waals surface area contributed by atoms with Crippen LogP contribution >= 0.6 is 0 Å². The van der Waals surface area contributed by atoms with Crippen molar-refractivity contribution in [2.24, 2.45) is 5.92 Å². The second kappa shape index (κ2) is 6.97. The standard InChI is InChI=1S/C18H23F2N3O2/c19-13-6-5-11(9-14(13)20)16-10-23(7-8-25-16)18(24)17-12-3-1-2-4-15(12)21-22-17/h5-6,9,12,15-17,21-22H,1-4,7-8,10H2. The number of fused-ring (bicyclic) bond motifs is 1. The van der Waals surface area contributed by atoms with Gasteiger partial charge in [0.2, 0.25) is 5.91 Å². The first-order valence-corrected chi connectivity index (χ1v) is 9.00. The highest BCUT2D eigenvalue weighted by Crippen LogP contribution is 2.32. The molecule has 3 fully saturated rings. The highest BCUT2D eigenvalue weighted by atomic mass is 19.2. The monoisotopic (exact) mass is 351 g/mol. The van der Waals surface area contributed by atoms with E-state index in [1.165, 1.54) is 12.5 Å². The molecule has 1 saturated carbocycles. The Kier molecular flexibility index (Phi) is 4.71. The van der Waals surface area contributed by atoms with Crippen molar-refractivity contribution in [3.8, 4) is 0 Å². The first-order chi connectivity index (χ1) is 12.1. The molecule has 2 heterocycles. The van der Waals surface area contributed by atoms with Gasteiger partial charge >= 0.3 is 0 Å². The number of hydrazine groups is 1. The number of morpholine rings is 1. The smallest absolute Gasteiger partial charge is 0.241 e. The Balaban J connectivity index is 1.45. The van der Waals surface area contributed by atoms with Crippen LogP contribution in [0.4, 0.5) is 8.78 Å². The van der Waals surface area contributed by atoms with Gasteiger partial charge in [-0.15, -0.1) is 0 Å². The van der Waals surface area contributed by atoms with E-state index in [-0.39, 0.29) is 11.9 Å². The molecule has 0 spiro atoms. The molecule has 0 bridgehead atoms. The molecule has 4 unspecified atom stereocenters. The molecule has 25 heavy (non-hydrogen) atoms. The quantitative estimate of drug-likeness (QED) is 0.855. The average Bonchev–Trinajstić information content (AvgIpc) is 3.07. The zero-order valence-electron chi connectivity index (χ0n) is 14.0. The third-order valence-corrected chi connectivity index (χ3v) is 5.63. The number of nitrogens with zero attached hydrogens (tertiary/aromatic N) is 1. The lowest BCUT2D eigenvalue weighted by Gasteiger charge is -2.36. The molecule has 0 aromatic heterocycles. The minimum atomic E-state index is -0.892. The molecule has 2 N–H and O–H groups in total. The van der Waals surface area contributed by atoms with Crippen molar-refractivity contribution in [2.75, 3.05) is 19.7 Å². The molecular formula is C18H23F2N3O2. The van der Waals surface area contributed by atoms with Gasteiger partial charge in [-0.05, 0) is 30.5 Å². The number of hydrogen-bond acceptors (Lipinski definition) is 4. The molecular weight excluding hydrogens is 328 g/mol. The molecule has 0 radical (unpaired) electrons. The molecule has 2 saturated heterocycles. The van der Waals surface area contributed by atoms with Crippen LogP contribution in [0.1, 0.15) is 37.4 Å². The number of nitrogens with one attached hydrogen (secondary N) is 2. The van der Waals surface area contributed by atoms with Crippen LogP contribution in [0.15, 0.2) is 18.2 Å². The Bertz CT molecular complexity index is 657. The summed E-state index contributed by atoms with van der Waals surface area (Å²) in [4.78, 5) is 14.8. The van der Waals surface area contributed by atoms with Gasteiger partial charge in [-0.3, -0.25) is 10.2 Å². The highest BCUT2D eigenvalue weighted by molar-refractivity contribution is 5.82. The molecule has 1 aliphatic carbocycles. The van der Waals surface area contributed by atoms with Crippen molar-refractivity contribution in [3.63, 3.8) is 0 Å². The third-order valence-electron chi connectivity index (χ3n) is 5.63. The van der Waals surface area contributed by atoms with Crippen LogP contribution in [0.5, 0.6) is 0 Å². The predicted octanol–water partition coefficient (Wildman–Crippen LogP) is 1.90. The maximum Gasteiger partial charge on any atom is 0.241 e. The lowest BCUT2D eigenvalue weighted by molar-refractivity contribution is -0.142. The minimum Gasteiger partial charge on any atom is -0.370 e. The summed E-state index contributed by atoms with van der Waals surface area (Å²) in [5.41, 5.74) is 7.00. The summed E-state index contributed by atoms with van der Waals surface area (Å²) in [6.45, 7) is 1.28. The zero-order valence-corrected chi connectivity index (χ0v) is 14.0. The fraction of sp³-hybridized carbons (Fsp3) is 0.611. The van der Waals surface area contributed by atoms with E-state index in [0.717, 1.165) is 31.4 Å². The maximum atomic E-state index is 13.5. The molecule has 1 aromatic rings. The Hall–Kier alpha value is -1.57. The third kappa shape index (κ3) is 3.28. The first-order valence-electron chi connectivity index (χ1n) is 9.00. The minimum absolute atomic E-state index is 0.0674. The van der Waals surface area contributed by atoms with Crippen LogP contribution in [0.3, 0.4) is 0 Å². The number of rotatable bonds is 2. The van der Waals surface area contributed by atoms with Crippen LogP contribution in [0, 0.1) is 17.6 Å². The van der Waals surface area contributed by atoms with Gasteiger partial charge in [-0.1, -0.05) is 18.9 Å². The van der Waals surface area contributed by atoms with E-state index in [9.17, 15) is 13.6 Å². The normalized spacial score (nSPS) is 32.5. The Morgan fingerprint density at radius 1 is 1.16 bits per heavy atom. The zero-order chi connectivity index (χ0) is 17.4. The Morgan fingerprint density at radius 3 is 2.84 bits per heavy atom. The van der Waals surface area contributed by atoms with Gasteiger partial charge in [0.15, 0.2) is 11.6 Å².